The number of para-hydroxylation sites is 1. The predicted octanol–water partition coefficient (Wildman–Crippen LogP) is 2.47. The Morgan fingerprint density at radius 2 is 1.62 bits per heavy atom. The molecule has 1 heterocycles. The van der Waals surface area contributed by atoms with Gasteiger partial charge in [-0.1, -0.05) is 80.9 Å². The summed E-state index contributed by atoms with van der Waals surface area (Å²) in [5.41, 5.74) is 8.04. The molecule has 0 aromatic heterocycles. The van der Waals surface area contributed by atoms with Crippen molar-refractivity contribution >= 4 is 48.4 Å². The molecule has 0 spiro atoms. The van der Waals surface area contributed by atoms with Gasteiger partial charge in [0.05, 0.1) is 17.4 Å². The van der Waals surface area contributed by atoms with E-state index in [1.807, 2.05) is 6.92 Å². The van der Waals surface area contributed by atoms with Crippen LogP contribution in [0, 0.1) is 5.92 Å². The van der Waals surface area contributed by atoms with E-state index >= 15 is 0 Å². The first-order chi connectivity index (χ1) is 23.6. The number of phenols is 1. The molecule has 3 aromatic rings. The largest absolute Gasteiger partial charge is 0.508 e. The molecule has 0 saturated carbocycles. The molecule has 3 amide bonds. The average molecular weight is 706 g/mol. The Hall–Kier alpha value is -5.01. The smallest absolute Gasteiger partial charge is 0.433 e. The number of hydrogen-bond acceptors (Lipinski definition) is 9. The minimum atomic E-state index is -5.37. The number of anilines is 1. The lowest BCUT2D eigenvalue weighted by Gasteiger charge is -2.31. The number of aliphatic imine (C=N–C) groups is 1. The van der Waals surface area contributed by atoms with Crippen LogP contribution < -0.4 is 16.0 Å². The molecule has 1 aliphatic heterocycles. The average Bonchev–Trinajstić information content (AvgIpc) is 3.20. The summed E-state index contributed by atoms with van der Waals surface area (Å²) in [5.74, 6) is -4.90. The van der Waals surface area contributed by atoms with Crippen LogP contribution in [-0.4, -0.2) is 79.4 Å². The van der Waals surface area contributed by atoms with Gasteiger partial charge in [-0.3, -0.25) is 24.0 Å². The fourth-order valence-corrected chi connectivity index (χ4v) is 6.49. The standard InChI is InChI=1S/C35H40N5O9P/c1-4-21(2)30(36)32(44)29(43)18-19-39-27-13-9-8-12-26(27)31(24-10-6-5-7-11-24)37-33(35(39)46)38-34(45)28(40(22(3)41)50(47,48)49)20-23-14-16-25(42)17-15-23/h5-17,21,28,30,33,42H,4,18-20,36H2,1-3H3,(H,38,45)(H2,47,48,49)/t21-,28-,30-,33-/m0/s1. The highest BCUT2D eigenvalue weighted by Gasteiger charge is 2.42. The number of aromatic hydroxyl groups is 1. The number of rotatable bonds is 14. The molecule has 0 aliphatic carbocycles. The quantitative estimate of drug-likeness (QED) is 0.122. The first-order valence-corrected chi connectivity index (χ1v) is 17.5. The van der Waals surface area contributed by atoms with E-state index in [1.54, 1.807) is 61.5 Å². The van der Waals surface area contributed by atoms with E-state index in [4.69, 9.17) is 5.73 Å². The summed E-state index contributed by atoms with van der Waals surface area (Å²) in [5, 5.41) is 12.2. The number of fused-ring (bicyclic) bond motifs is 1. The van der Waals surface area contributed by atoms with Crippen molar-refractivity contribution in [3.8, 4) is 5.75 Å². The number of ketones is 2. The number of benzene rings is 3. The zero-order chi connectivity index (χ0) is 36.7. The molecule has 50 heavy (non-hydrogen) atoms. The van der Waals surface area contributed by atoms with Crippen molar-refractivity contribution in [1.29, 1.82) is 0 Å². The zero-order valence-electron chi connectivity index (χ0n) is 27.8. The summed E-state index contributed by atoms with van der Waals surface area (Å²) >= 11 is 0. The van der Waals surface area contributed by atoms with Gasteiger partial charge in [-0.25, -0.2) is 14.2 Å². The number of benzodiazepines with no additional fused rings is 1. The normalized spacial score (nSPS) is 16.3. The SMILES string of the molecule is CC[C@H](C)[C@H](N)C(=O)C(=O)CCN1C(=O)[C@H](NC(=O)[C@H](Cc2ccc(O)cc2)N(C(C)=O)P(=O)(O)O)N=C(c2ccccc2)c2ccccc21. The Balaban J connectivity index is 1.77. The maximum absolute atomic E-state index is 14.3. The Morgan fingerprint density at radius 3 is 2.22 bits per heavy atom. The van der Waals surface area contributed by atoms with Crippen LogP contribution >= 0.6 is 7.75 Å². The van der Waals surface area contributed by atoms with Crippen molar-refractivity contribution in [3.63, 3.8) is 0 Å². The van der Waals surface area contributed by atoms with Crippen LogP contribution in [-0.2, 0) is 35.0 Å². The number of carbonyl (C=O) groups is 5. The van der Waals surface area contributed by atoms with E-state index in [0.717, 1.165) is 6.92 Å². The molecule has 0 bridgehead atoms. The second kappa shape index (κ2) is 16.1. The third-order valence-electron chi connectivity index (χ3n) is 8.50. The lowest BCUT2D eigenvalue weighted by atomic mass is 9.93. The number of amides is 3. The third kappa shape index (κ3) is 8.77. The van der Waals surface area contributed by atoms with Gasteiger partial charge in [0.25, 0.3) is 5.91 Å². The van der Waals surface area contributed by atoms with Gasteiger partial charge in [0.1, 0.15) is 11.8 Å². The van der Waals surface area contributed by atoms with E-state index in [9.17, 15) is 43.4 Å². The van der Waals surface area contributed by atoms with Gasteiger partial charge in [0.15, 0.2) is 0 Å². The van der Waals surface area contributed by atoms with Crippen LogP contribution in [0.25, 0.3) is 0 Å². The van der Waals surface area contributed by atoms with Gasteiger partial charge >= 0.3 is 7.75 Å². The number of nitrogens with one attached hydrogen (secondary N) is 1. The van der Waals surface area contributed by atoms with Gasteiger partial charge in [0.2, 0.25) is 29.5 Å². The molecule has 264 valence electrons. The van der Waals surface area contributed by atoms with E-state index in [-0.39, 0.29) is 35.0 Å². The van der Waals surface area contributed by atoms with Crippen LogP contribution in [0.15, 0.2) is 83.9 Å². The molecule has 0 fully saturated rings. The first-order valence-electron chi connectivity index (χ1n) is 15.9. The van der Waals surface area contributed by atoms with Crippen LogP contribution in [0.2, 0.25) is 0 Å². The van der Waals surface area contributed by atoms with E-state index < -0.39 is 61.7 Å². The Kier molecular flexibility index (Phi) is 12.2. The number of phenolic OH excluding ortho intramolecular Hbond substituents is 1. The van der Waals surface area contributed by atoms with Gasteiger partial charge in [-0.15, -0.1) is 0 Å². The van der Waals surface area contributed by atoms with Crippen molar-refractivity contribution in [3.05, 3.63) is 95.6 Å². The number of nitrogens with zero attached hydrogens (tertiary/aromatic N) is 3. The van der Waals surface area contributed by atoms with Crippen LogP contribution in [0.4, 0.5) is 5.69 Å². The van der Waals surface area contributed by atoms with E-state index in [2.05, 4.69) is 10.3 Å². The zero-order valence-corrected chi connectivity index (χ0v) is 28.7. The lowest BCUT2D eigenvalue weighted by molar-refractivity contribution is -0.138. The van der Waals surface area contributed by atoms with Crippen molar-refractivity contribution in [2.24, 2.45) is 16.6 Å². The molecule has 4 atom stereocenters. The number of hydrogen-bond donors (Lipinski definition) is 5. The fourth-order valence-electron chi connectivity index (χ4n) is 5.58. The summed E-state index contributed by atoms with van der Waals surface area (Å²) in [6.45, 7) is 4.21. The van der Waals surface area contributed by atoms with Crippen LogP contribution in [0.3, 0.4) is 0 Å². The highest BCUT2D eigenvalue weighted by Crippen LogP contribution is 2.42. The molecule has 15 heteroatoms. The molecule has 0 saturated heterocycles. The Morgan fingerprint density at radius 1 is 1.00 bits per heavy atom. The maximum Gasteiger partial charge on any atom is 0.433 e. The molecule has 0 radical (unpaired) electrons. The van der Waals surface area contributed by atoms with Crippen LogP contribution in [0.5, 0.6) is 5.75 Å². The van der Waals surface area contributed by atoms with Crippen LogP contribution in [0.1, 0.15) is 50.3 Å². The van der Waals surface area contributed by atoms with Gasteiger partial charge in [-0.2, -0.15) is 0 Å². The minimum Gasteiger partial charge on any atom is -0.508 e. The highest BCUT2D eigenvalue weighted by atomic mass is 31.2. The summed E-state index contributed by atoms with van der Waals surface area (Å²) in [4.78, 5) is 92.9. The summed E-state index contributed by atoms with van der Waals surface area (Å²) in [7, 11) is -5.37. The lowest BCUT2D eigenvalue weighted by Crippen LogP contribution is -2.54. The summed E-state index contributed by atoms with van der Waals surface area (Å²) in [6.07, 6.45) is -1.91. The molecular weight excluding hydrogens is 665 g/mol. The Labute approximate surface area is 289 Å². The molecule has 1 aliphatic rings. The fraction of sp³-hybridized carbons (Fsp3) is 0.314. The molecular formula is C35H40N5O9P. The van der Waals surface area contributed by atoms with Crippen molar-refractivity contribution in [2.45, 2.75) is 58.3 Å². The summed E-state index contributed by atoms with van der Waals surface area (Å²) < 4.78 is 12.7. The topological polar surface area (TPSA) is 220 Å². The number of carbonyl (C=O) groups excluding carboxylic acids is 5. The molecule has 0 unspecified atom stereocenters. The second-order valence-electron chi connectivity index (χ2n) is 12.0. The van der Waals surface area contributed by atoms with Crippen molar-refractivity contribution in [2.75, 3.05) is 11.4 Å². The van der Waals surface area contributed by atoms with E-state index in [1.165, 1.54) is 29.2 Å². The highest BCUT2D eigenvalue weighted by molar-refractivity contribution is 7.50. The van der Waals surface area contributed by atoms with Gasteiger partial charge < -0.3 is 30.8 Å². The number of Topliss-reactive ketones (excluding diaryl/α,β-unsaturated/α-hetero) is 2. The van der Waals surface area contributed by atoms with Gasteiger partial charge in [-0.05, 0) is 29.7 Å². The van der Waals surface area contributed by atoms with Crippen molar-refractivity contribution in [1.82, 2.24) is 9.99 Å². The first kappa shape index (κ1) is 37.8. The number of nitrogens with two attached hydrogens (primary N) is 1. The monoisotopic (exact) mass is 705 g/mol. The molecule has 4 rings (SSSR count). The predicted molar refractivity (Wildman–Crippen MR) is 185 cm³/mol. The maximum atomic E-state index is 14.3. The third-order valence-corrected chi connectivity index (χ3v) is 9.62. The molecule has 14 nitrogen and oxygen atoms in total. The molecule has 3 aromatic carbocycles. The summed E-state index contributed by atoms with van der Waals surface area (Å²) in [6, 6.07) is 18.1. The minimum absolute atomic E-state index is 0.0957. The second-order valence-corrected chi connectivity index (χ2v) is 13.4. The molecule has 6 N–H and O–H groups in total. The van der Waals surface area contributed by atoms with Crippen molar-refractivity contribution < 1.29 is 43.4 Å². The van der Waals surface area contributed by atoms with Gasteiger partial charge in [0, 0.05) is 37.4 Å². The Bertz CT molecular complexity index is 1830. The van der Waals surface area contributed by atoms with E-state index in [0.29, 0.717) is 28.8 Å².